The van der Waals surface area contributed by atoms with Gasteiger partial charge in [-0.1, -0.05) is 31.5 Å². The van der Waals surface area contributed by atoms with E-state index < -0.39 is 5.97 Å². The van der Waals surface area contributed by atoms with E-state index in [0.29, 0.717) is 50.7 Å². The molecule has 0 bridgehead atoms. The molecule has 0 unspecified atom stereocenters. The topological polar surface area (TPSA) is 103 Å². The van der Waals surface area contributed by atoms with Crippen LogP contribution in [0.15, 0.2) is 48.0 Å². The molecule has 0 radical (unpaired) electrons. The van der Waals surface area contributed by atoms with Crippen molar-refractivity contribution < 1.29 is 19.4 Å². The van der Waals surface area contributed by atoms with Gasteiger partial charge in [0.1, 0.15) is 12.4 Å². The van der Waals surface area contributed by atoms with Crippen LogP contribution >= 0.6 is 0 Å². The average molecular weight is 492 g/mol. The normalized spacial score (nSPS) is 13.2. The Bertz CT molecular complexity index is 1190. The molecular weight excluding hydrogens is 458 g/mol. The number of benzene rings is 2. The van der Waals surface area contributed by atoms with E-state index in [1.165, 1.54) is 0 Å². The molecule has 190 valence electrons. The van der Waals surface area contributed by atoms with Crippen molar-refractivity contribution in [3.63, 3.8) is 0 Å². The summed E-state index contributed by atoms with van der Waals surface area (Å²) in [6.07, 6.45) is 4.38. The molecule has 0 aliphatic carbocycles. The minimum atomic E-state index is -0.900. The van der Waals surface area contributed by atoms with Crippen molar-refractivity contribution in [1.29, 1.82) is 0 Å². The average Bonchev–Trinajstić information content (AvgIpc) is 3.27. The molecule has 0 saturated carbocycles. The van der Waals surface area contributed by atoms with Crippen molar-refractivity contribution in [2.24, 2.45) is 0 Å². The lowest BCUT2D eigenvalue weighted by atomic mass is 10.00. The summed E-state index contributed by atoms with van der Waals surface area (Å²) in [5, 5.41) is 22.3. The van der Waals surface area contributed by atoms with E-state index in [2.05, 4.69) is 33.3 Å². The van der Waals surface area contributed by atoms with E-state index in [1.807, 2.05) is 43.3 Å². The fourth-order valence-corrected chi connectivity index (χ4v) is 4.06. The van der Waals surface area contributed by atoms with Crippen molar-refractivity contribution in [3.05, 3.63) is 59.4 Å². The zero-order valence-electron chi connectivity index (χ0n) is 20.9. The van der Waals surface area contributed by atoms with E-state index in [-0.39, 0.29) is 0 Å². The smallest absolute Gasteiger partial charge is 0.331 e. The number of aliphatic carboxylic acids is 1. The Morgan fingerprint density at radius 1 is 1.06 bits per heavy atom. The number of carbonyl (C=O) groups is 1. The molecule has 1 N–H and O–H groups in total. The van der Waals surface area contributed by atoms with Crippen LogP contribution in [0.2, 0.25) is 0 Å². The molecule has 2 aromatic carbocycles. The van der Waals surface area contributed by atoms with Gasteiger partial charge in [-0.2, -0.15) is 4.80 Å². The highest BCUT2D eigenvalue weighted by atomic mass is 16.5. The van der Waals surface area contributed by atoms with Gasteiger partial charge in [0.05, 0.1) is 19.7 Å². The predicted molar refractivity (Wildman–Crippen MR) is 138 cm³/mol. The molecule has 0 saturated heterocycles. The van der Waals surface area contributed by atoms with Gasteiger partial charge in [-0.15, -0.1) is 10.2 Å². The second-order valence-corrected chi connectivity index (χ2v) is 8.65. The molecular formula is C27H33N5O4. The molecule has 1 aliphatic heterocycles. The first-order valence-corrected chi connectivity index (χ1v) is 12.5. The van der Waals surface area contributed by atoms with Crippen molar-refractivity contribution >= 4 is 17.7 Å². The first-order chi connectivity index (χ1) is 17.6. The van der Waals surface area contributed by atoms with Gasteiger partial charge in [0.15, 0.2) is 5.82 Å². The quantitative estimate of drug-likeness (QED) is 0.371. The Kier molecular flexibility index (Phi) is 8.67. The number of hydrogen-bond acceptors (Lipinski definition) is 7. The van der Waals surface area contributed by atoms with E-state index in [9.17, 15) is 9.90 Å². The fraction of sp³-hybridized carbons (Fsp3) is 0.407. The monoisotopic (exact) mass is 491 g/mol. The summed E-state index contributed by atoms with van der Waals surface area (Å²) in [5.41, 5.74) is 4.21. The summed E-state index contributed by atoms with van der Waals surface area (Å²) in [6, 6.07) is 14.0. The van der Waals surface area contributed by atoms with Gasteiger partial charge < -0.3 is 19.5 Å². The van der Waals surface area contributed by atoms with E-state index in [4.69, 9.17) is 9.47 Å². The number of ether oxygens (including phenoxy) is 2. The van der Waals surface area contributed by atoms with Crippen LogP contribution in [0.25, 0.3) is 17.2 Å². The second-order valence-electron chi connectivity index (χ2n) is 8.65. The number of carboxylic acids is 1. The lowest BCUT2D eigenvalue weighted by Gasteiger charge is -2.24. The van der Waals surface area contributed by atoms with Crippen LogP contribution in [0.4, 0.5) is 5.69 Å². The number of fused-ring (bicyclic) bond motifs is 1. The third kappa shape index (κ3) is 6.48. The standard InChI is InChI=1S/C27H33N5O4/c1-3-5-14-35-15-16-36-24-9-6-20(7-10-24)21-8-11-25-23(17-21)18-22(27(33)34)12-13-31(25)19-26-28-30-32(4-2)29-26/h6-11,17-18H,3-5,12-16,19H2,1-2H3,(H,33,34). The largest absolute Gasteiger partial charge is 0.491 e. The van der Waals surface area contributed by atoms with Crippen LogP contribution in [0.1, 0.15) is 44.5 Å². The van der Waals surface area contributed by atoms with Crippen LogP contribution < -0.4 is 9.64 Å². The number of tetrazole rings is 1. The second kappa shape index (κ2) is 12.3. The zero-order valence-corrected chi connectivity index (χ0v) is 20.9. The van der Waals surface area contributed by atoms with Gasteiger partial charge in [0.25, 0.3) is 0 Å². The third-order valence-electron chi connectivity index (χ3n) is 6.06. The summed E-state index contributed by atoms with van der Waals surface area (Å²) < 4.78 is 11.3. The molecule has 0 atom stereocenters. The lowest BCUT2D eigenvalue weighted by molar-refractivity contribution is -0.132. The Morgan fingerprint density at radius 2 is 1.86 bits per heavy atom. The maximum atomic E-state index is 11.8. The van der Waals surface area contributed by atoms with Gasteiger partial charge in [0, 0.05) is 24.4 Å². The van der Waals surface area contributed by atoms with Gasteiger partial charge in [-0.25, -0.2) is 4.79 Å². The van der Waals surface area contributed by atoms with Gasteiger partial charge in [-0.3, -0.25) is 0 Å². The molecule has 9 nitrogen and oxygen atoms in total. The Labute approximate surface area is 211 Å². The molecule has 3 aromatic rings. The Balaban J connectivity index is 1.50. The number of rotatable bonds is 12. The summed E-state index contributed by atoms with van der Waals surface area (Å²) in [5.74, 6) is 0.500. The first-order valence-electron chi connectivity index (χ1n) is 12.5. The minimum absolute atomic E-state index is 0.381. The molecule has 1 aliphatic rings. The summed E-state index contributed by atoms with van der Waals surface area (Å²) >= 11 is 0. The van der Waals surface area contributed by atoms with Crippen LogP contribution in [0, 0.1) is 0 Å². The molecule has 4 rings (SSSR count). The van der Waals surface area contributed by atoms with Crippen molar-refractivity contribution in [1.82, 2.24) is 20.2 Å². The summed E-state index contributed by atoms with van der Waals surface area (Å²) in [6.45, 7) is 7.62. The van der Waals surface area contributed by atoms with E-state index in [0.717, 1.165) is 47.6 Å². The number of anilines is 1. The number of unbranched alkanes of at least 4 members (excludes halogenated alkanes) is 1. The molecule has 36 heavy (non-hydrogen) atoms. The fourth-order valence-electron chi connectivity index (χ4n) is 4.06. The number of carboxylic acid groups (broad SMARTS) is 1. The third-order valence-corrected chi connectivity index (χ3v) is 6.06. The highest BCUT2D eigenvalue weighted by Crippen LogP contribution is 2.33. The number of aromatic nitrogens is 4. The van der Waals surface area contributed by atoms with Crippen LogP contribution in [-0.4, -0.2) is 57.6 Å². The maximum Gasteiger partial charge on any atom is 0.331 e. The molecule has 0 amide bonds. The summed E-state index contributed by atoms with van der Waals surface area (Å²) in [7, 11) is 0. The van der Waals surface area contributed by atoms with E-state index in [1.54, 1.807) is 10.9 Å². The van der Waals surface area contributed by atoms with Gasteiger partial charge in [-0.05, 0) is 72.0 Å². The first kappa shape index (κ1) is 25.4. The molecule has 0 fully saturated rings. The van der Waals surface area contributed by atoms with Gasteiger partial charge in [0.2, 0.25) is 0 Å². The number of nitrogens with zero attached hydrogens (tertiary/aromatic N) is 5. The summed E-state index contributed by atoms with van der Waals surface area (Å²) in [4.78, 5) is 15.5. The molecule has 2 heterocycles. The molecule has 0 spiro atoms. The Hall–Kier alpha value is -3.72. The van der Waals surface area contributed by atoms with Crippen molar-refractivity contribution in [3.8, 4) is 16.9 Å². The van der Waals surface area contributed by atoms with Crippen molar-refractivity contribution in [2.45, 2.75) is 46.2 Å². The number of aryl methyl sites for hydroxylation is 1. The van der Waals surface area contributed by atoms with Gasteiger partial charge >= 0.3 is 5.97 Å². The lowest BCUT2D eigenvalue weighted by Crippen LogP contribution is -2.25. The number of hydrogen-bond donors (Lipinski definition) is 1. The minimum Gasteiger partial charge on any atom is -0.491 e. The molecule has 1 aromatic heterocycles. The van der Waals surface area contributed by atoms with Crippen LogP contribution in [0.5, 0.6) is 5.75 Å². The van der Waals surface area contributed by atoms with Crippen LogP contribution in [0.3, 0.4) is 0 Å². The van der Waals surface area contributed by atoms with Crippen molar-refractivity contribution in [2.75, 3.05) is 31.3 Å². The zero-order chi connectivity index (χ0) is 25.3. The predicted octanol–water partition coefficient (Wildman–Crippen LogP) is 4.43. The molecule has 9 heteroatoms. The van der Waals surface area contributed by atoms with Crippen LogP contribution in [-0.2, 0) is 22.6 Å². The van der Waals surface area contributed by atoms with E-state index >= 15 is 0 Å². The highest BCUT2D eigenvalue weighted by Gasteiger charge is 2.21. The highest BCUT2D eigenvalue weighted by molar-refractivity contribution is 5.94. The maximum absolute atomic E-state index is 11.8. The SMILES string of the molecule is CCCCOCCOc1ccc(-c2ccc3c(c2)C=C(C(=O)O)CCN3Cc2nnn(CC)n2)cc1. The Morgan fingerprint density at radius 3 is 2.58 bits per heavy atom.